The number of amides is 1. The number of ether oxygens (including phenoxy) is 1. The van der Waals surface area contributed by atoms with E-state index in [1.165, 1.54) is 0 Å². The molecule has 0 aromatic heterocycles. The van der Waals surface area contributed by atoms with E-state index in [0.717, 1.165) is 0 Å². The largest absolute Gasteiger partial charge is 0.481 e. The van der Waals surface area contributed by atoms with Crippen molar-refractivity contribution in [2.24, 2.45) is 0 Å². The Hall–Kier alpha value is -1.88. The Morgan fingerprint density at radius 3 is 2.72 bits per heavy atom. The van der Waals surface area contributed by atoms with Crippen LogP contribution in [0.15, 0.2) is 30.3 Å². The van der Waals surface area contributed by atoms with Gasteiger partial charge < -0.3 is 14.7 Å². The summed E-state index contributed by atoms with van der Waals surface area (Å²) in [5.74, 6) is -1.05. The second-order valence-electron chi connectivity index (χ2n) is 4.19. The lowest BCUT2D eigenvalue weighted by Gasteiger charge is -2.34. The zero-order chi connectivity index (χ0) is 13.0. The van der Waals surface area contributed by atoms with Crippen molar-refractivity contribution in [2.75, 3.05) is 19.8 Å². The normalized spacial score (nSPS) is 19.6. The molecule has 1 aliphatic heterocycles. The first-order chi connectivity index (χ1) is 8.68. The third kappa shape index (κ3) is 2.87. The van der Waals surface area contributed by atoms with Crippen LogP contribution in [0.3, 0.4) is 0 Å². The highest BCUT2D eigenvalue weighted by atomic mass is 16.5. The predicted octanol–water partition coefficient (Wildman–Crippen LogP) is 1.00. The maximum Gasteiger partial charge on any atom is 0.305 e. The van der Waals surface area contributed by atoms with E-state index in [1.54, 1.807) is 29.2 Å². The number of carboxylic acid groups (broad SMARTS) is 1. The Morgan fingerprint density at radius 2 is 2.06 bits per heavy atom. The van der Waals surface area contributed by atoms with Crippen molar-refractivity contribution in [2.45, 2.75) is 12.5 Å². The van der Waals surface area contributed by atoms with Gasteiger partial charge in [0.25, 0.3) is 5.91 Å². The molecule has 18 heavy (non-hydrogen) atoms. The summed E-state index contributed by atoms with van der Waals surface area (Å²) in [6.45, 7) is 1.17. The Kier molecular flexibility index (Phi) is 3.94. The van der Waals surface area contributed by atoms with Crippen molar-refractivity contribution in [3.8, 4) is 0 Å². The Labute approximate surface area is 105 Å². The monoisotopic (exact) mass is 249 g/mol. The van der Waals surface area contributed by atoms with Gasteiger partial charge in [-0.2, -0.15) is 0 Å². The second kappa shape index (κ2) is 5.64. The van der Waals surface area contributed by atoms with Crippen molar-refractivity contribution < 1.29 is 19.4 Å². The maximum atomic E-state index is 12.3. The number of hydrogen-bond donors (Lipinski definition) is 1. The molecule has 0 bridgehead atoms. The first-order valence-electron chi connectivity index (χ1n) is 5.84. The highest BCUT2D eigenvalue weighted by Crippen LogP contribution is 2.15. The minimum absolute atomic E-state index is 0.0847. The molecule has 1 saturated heterocycles. The van der Waals surface area contributed by atoms with Crippen molar-refractivity contribution in [1.29, 1.82) is 0 Å². The van der Waals surface area contributed by atoms with Crippen molar-refractivity contribution in [3.05, 3.63) is 35.9 Å². The standard InChI is InChI=1S/C13H15NO4/c15-12(16)8-11-9-18-7-6-14(11)13(17)10-4-2-1-3-5-10/h1-5,11H,6-9H2,(H,15,16). The Bertz CT molecular complexity index is 432. The van der Waals surface area contributed by atoms with Crippen LogP contribution in [-0.2, 0) is 9.53 Å². The van der Waals surface area contributed by atoms with Crippen LogP contribution < -0.4 is 0 Å². The number of benzene rings is 1. The van der Waals surface area contributed by atoms with Gasteiger partial charge in [-0.3, -0.25) is 9.59 Å². The molecule has 5 nitrogen and oxygen atoms in total. The summed E-state index contributed by atoms with van der Waals surface area (Å²) in [6, 6.07) is 8.50. The van der Waals surface area contributed by atoms with Crippen LogP contribution in [0.2, 0.25) is 0 Å². The summed E-state index contributed by atoms with van der Waals surface area (Å²) in [5.41, 5.74) is 0.579. The molecule has 0 saturated carbocycles. The quantitative estimate of drug-likeness (QED) is 0.868. The van der Waals surface area contributed by atoms with Crippen LogP contribution >= 0.6 is 0 Å². The summed E-state index contributed by atoms with van der Waals surface area (Å²) < 4.78 is 5.24. The predicted molar refractivity (Wildman–Crippen MR) is 64.3 cm³/mol. The van der Waals surface area contributed by atoms with Gasteiger partial charge in [-0.1, -0.05) is 18.2 Å². The minimum Gasteiger partial charge on any atom is -0.481 e. The fourth-order valence-corrected chi connectivity index (χ4v) is 2.04. The van der Waals surface area contributed by atoms with Gasteiger partial charge in [0.05, 0.1) is 25.7 Å². The van der Waals surface area contributed by atoms with Gasteiger partial charge in [0, 0.05) is 12.1 Å². The summed E-state index contributed by atoms with van der Waals surface area (Å²) in [6.07, 6.45) is -0.0847. The van der Waals surface area contributed by atoms with Crippen LogP contribution in [0.5, 0.6) is 0 Å². The molecule has 1 heterocycles. The molecule has 1 aromatic carbocycles. The summed E-state index contributed by atoms with van der Waals surface area (Å²) in [5, 5.41) is 8.84. The fourth-order valence-electron chi connectivity index (χ4n) is 2.04. The van der Waals surface area contributed by atoms with Gasteiger partial charge in [-0.25, -0.2) is 0 Å². The summed E-state index contributed by atoms with van der Waals surface area (Å²) in [4.78, 5) is 24.6. The smallest absolute Gasteiger partial charge is 0.305 e. The molecule has 96 valence electrons. The number of carbonyl (C=O) groups excluding carboxylic acids is 1. The molecule has 1 unspecified atom stereocenters. The molecule has 1 atom stereocenters. The van der Waals surface area contributed by atoms with Gasteiger partial charge >= 0.3 is 5.97 Å². The molecule has 5 heteroatoms. The number of rotatable bonds is 3. The average Bonchev–Trinajstić information content (AvgIpc) is 2.39. The number of aliphatic carboxylic acids is 1. The zero-order valence-corrected chi connectivity index (χ0v) is 9.91. The highest BCUT2D eigenvalue weighted by Gasteiger charge is 2.29. The highest BCUT2D eigenvalue weighted by molar-refractivity contribution is 5.94. The SMILES string of the molecule is O=C(O)CC1COCCN1C(=O)c1ccccc1. The van der Waals surface area contributed by atoms with E-state index in [1.807, 2.05) is 6.07 Å². The van der Waals surface area contributed by atoms with E-state index >= 15 is 0 Å². The average molecular weight is 249 g/mol. The lowest BCUT2D eigenvalue weighted by Crippen LogP contribution is -2.49. The van der Waals surface area contributed by atoms with Crippen LogP contribution in [0, 0.1) is 0 Å². The molecule has 0 spiro atoms. The van der Waals surface area contributed by atoms with E-state index in [0.29, 0.717) is 18.7 Å². The van der Waals surface area contributed by atoms with Crippen LogP contribution in [-0.4, -0.2) is 47.7 Å². The molecule has 1 aliphatic rings. The zero-order valence-electron chi connectivity index (χ0n) is 9.91. The molecule has 1 amide bonds. The van der Waals surface area contributed by atoms with E-state index in [2.05, 4.69) is 0 Å². The van der Waals surface area contributed by atoms with E-state index in [9.17, 15) is 9.59 Å². The first kappa shape index (κ1) is 12.6. The third-order valence-electron chi connectivity index (χ3n) is 2.92. The molecule has 0 aliphatic carbocycles. The van der Waals surface area contributed by atoms with Gasteiger partial charge in [-0.15, -0.1) is 0 Å². The number of carbonyl (C=O) groups is 2. The van der Waals surface area contributed by atoms with Crippen molar-refractivity contribution >= 4 is 11.9 Å². The molecular weight excluding hydrogens is 234 g/mol. The third-order valence-corrected chi connectivity index (χ3v) is 2.92. The number of morpholine rings is 1. The van der Waals surface area contributed by atoms with Gasteiger partial charge in [0.15, 0.2) is 0 Å². The summed E-state index contributed by atoms with van der Waals surface area (Å²) >= 11 is 0. The topological polar surface area (TPSA) is 66.8 Å². The number of nitrogens with zero attached hydrogens (tertiary/aromatic N) is 1. The molecule has 1 fully saturated rings. The molecule has 0 radical (unpaired) electrons. The number of carboxylic acids is 1. The second-order valence-corrected chi connectivity index (χ2v) is 4.19. The van der Waals surface area contributed by atoms with E-state index in [4.69, 9.17) is 9.84 Å². The van der Waals surface area contributed by atoms with E-state index in [-0.39, 0.29) is 25.0 Å². The lowest BCUT2D eigenvalue weighted by molar-refractivity contribution is -0.139. The maximum absolute atomic E-state index is 12.3. The van der Waals surface area contributed by atoms with Crippen LogP contribution in [0.4, 0.5) is 0 Å². The van der Waals surface area contributed by atoms with Gasteiger partial charge in [0.1, 0.15) is 0 Å². The number of hydrogen-bond acceptors (Lipinski definition) is 3. The fraction of sp³-hybridized carbons (Fsp3) is 0.385. The molecule has 2 rings (SSSR count). The van der Waals surface area contributed by atoms with Gasteiger partial charge in [0.2, 0.25) is 0 Å². The molecule has 1 N–H and O–H groups in total. The summed E-state index contributed by atoms with van der Waals surface area (Å²) in [7, 11) is 0. The van der Waals surface area contributed by atoms with Crippen LogP contribution in [0.25, 0.3) is 0 Å². The lowest BCUT2D eigenvalue weighted by atomic mass is 10.1. The molecular formula is C13H15NO4. The van der Waals surface area contributed by atoms with Crippen LogP contribution in [0.1, 0.15) is 16.8 Å². The van der Waals surface area contributed by atoms with Crippen molar-refractivity contribution in [3.63, 3.8) is 0 Å². The Balaban J connectivity index is 2.13. The molecule has 1 aromatic rings. The van der Waals surface area contributed by atoms with E-state index < -0.39 is 5.97 Å². The van der Waals surface area contributed by atoms with Gasteiger partial charge in [-0.05, 0) is 12.1 Å². The minimum atomic E-state index is -0.920. The first-order valence-corrected chi connectivity index (χ1v) is 5.84. The Morgan fingerprint density at radius 1 is 1.33 bits per heavy atom. The van der Waals surface area contributed by atoms with Crippen molar-refractivity contribution in [1.82, 2.24) is 4.90 Å².